The maximum atomic E-state index is 14.0. The van der Waals surface area contributed by atoms with E-state index in [1.165, 1.54) is 7.11 Å². The van der Waals surface area contributed by atoms with Crippen LogP contribution in [0.4, 0.5) is 5.69 Å². The summed E-state index contributed by atoms with van der Waals surface area (Å²) in [4.78, 5) is 29.5. The molecule has 38 heavy (non-hydrogen) atoms. The van der Waals surface area contributed by atoms with Gasteiger partial charge in [-0.3, -0.25) is 9.59 Å². The van der Waals surface area contributed by atoms with E-state index in [1.54, 1.807) is 30.2 Å². The fraction of sp³-hybridized carbons (Fsp3) is 0.188. The average Bonchev–Trinajstić information content (AvgIpc) is 2.95. The Balaban J connectivity index is 1.75. The number of anilines is 1. The van der Waals surface area contributed by atoms with Crippen LogP contribution in [0.25, 0.3) is 0 Å². The largest absolute Gasteiger partial charge is 0.497 e. The second-order valence-electron chi connectivity index (χ2n) is 9.04. The lowest BCUT2D eigenvalue weighted by Crippen LogP contribution is -2.41. The highest BCUT2D eigenvalue weighted by molar-refractivity contribution is 5.99. The van der Waals surface area contributed by atoms with Gasteiger partial charge in [0, 0.05) is 12.6 Å². The molecule has 0 aliphatic heterocycles. The van der Waals surface area contributed by atoms with Crippen LogP contribution in [0.5, 0.6) is 11.5 Å². The predicted octanol–water partition coefficient (Wildman–Crippen LogP) is 5.96. The normalized spacial score (nSPS) is 11.3. The van der Waals surface area contributed by atoms with E-state index in [1.807, 2.05) is 91.9 Å². The molecule has 194 valence electrons. The Bertz CT molecular complexity index is 1360. The van der Waals surface area contributed by atoms with Crippen molar-refractivity contribution in [2.75, 3.05) is 19.5 Å². The molecule has 0 bridgehead atoms. The topological polar surface area (TPSA) is 67.9 Å². The van der Waals surface area contributed by atoms with E-state index < -0.39 is 6.04 Å². The number of amides is 2. The monoisotopic (exact) mass is 508 g/mol. The van der Waals surface area contributed by atoms with E-state index in [0.717, 1.165) is 22.3 Å². The highest BCUT2D eigenvalue weighted by Gasteiger charge is 2.32. The van der Waals surface area contributed by atoms with Crippen LogP contribution in [0.1, 0.15) is 28.3 Å². The highest BCUT2D eigenvalue weighted by Crippen LogP contribution is 2.32. The molecule has 1 atom stereocenters. The Morgan fingerprint density at radius 3 is 2.03 bits per heavy atom. The van der Waals surface area contributed by atoms with Crippen molar-refractivity contribution in [2.45, 2.75) is 25.9 Å². The van der Waals surface area contributed by atoms with Crippen LogP contribution in [0.2, 0.25) is 0 Å². The summed E-state index contributed by atoms with van der Waals surface area (Å²) >= 11 is 0. The molecule has 0 radical (unpaired) electrons. The summed E-state index contributed by atoms with van der Waals surface area (Å²) in [6.45, 7) is 2.27. The Hall–Kier alpha value is -4.58. The average molecular weight is 509 g/mol. The van der Waals surface area contributed by atoms with Gasteiger partial charge in [0.25, 0.3) is 5.91 Å². The number of carbonyl (C=O) groups excluding carboxylic acids is 2. The number of aryl methyl sites for hydroxylation is 1. The van der Waals surface area contributed by atoms with Gasteiger partial charge in [-0.2, -0.15) is 0 Å². The quantitative estimate of drug-likeness (QED) is 0.287. The van der Waals surface area contributed by atoms with E-state index in [-0.39, 0.29) is 24.8 Å². The summed E-state index contributed by atoms with van der Waals surface area (Å²) in [5.74, 6) is 0.585. The van der Waals surface area contributed by atoms with Gasteiger partial charge in [-0.25, -0.2) is 0 Å². The molecule has 0 heterocycles. The summed E-state index contributed by atoms with van der Waals surface area (Å²) in [7, 11) is 3.10. The van der Waals surface area contributed by atoms with E-state index in [2.05, 4.69) is 5.32 Å². The third kappa shape index (κ3) is 6.59. The third-order valence-electron chi connectivity index (χ3n) is 6.33. The van der Waals surface area contributed by atoms with Gasteiger partial charge in [0.05, 0.1) is 26.3 Å². The zero-order chi connectivity index (χ0) is 26.9. The number of methoxy groups -OCH3 is 2. The summed E-state index contributed by atoms with van der Waals surface area (Å²) in [5.41, 5.74) is 4.09. The second kappa shape index (κ2) is 12.6. The second-order valence-corrected chi connectivity index (χ2v) is 9.04. The highest BCUT2D eigenvalue weighted by atomic mass is 16.5. The van der Waals surface area contributed by atoms with Gasteiger partial charge in [-0.1, -0.05) is 90.5 Å². The molecule has 0 aliphatic rings. The number of hydrogen-bond acceptors (Lipinski definition) is 4. The molecule has 0 saturated carbocycles. The Morgan fingerprint density at radius 2 is 1.42 bits per heavy atom. The fourth-order valence-corrected chi connectivity index (χ4v) is 4.30. The van der Waals surface area contributed by atoms with Crippen molar-refractivity contribution in [1.29, 1.82) is 0 Å². The van der Waals surface area contributed by atoms with Gasteiger partial charge in [0.1, 0.15) is 17.5 Å². The van der Waals surface area contributed by atoms with Crippen LogP contribution >= 0.6 is 0 Å². The van der Waals surface area contributed by atoms with E-state index in [4.69, 9.17) is 9.47 Å². The molecule has 0 aliphatic carbocycles. The number of benzene rings is 4. The molecule has 4 rings (SSSR count). The van der Waals surface area contributed by atoms with Gasteiger partial charge < -0.3 is 19.7 Å². The first-order chi connectivity index (χ1) is 18.5. The number of ether oxygens (including phenoxy) is 2. The minimum atomic E-state index is -0.876. The molecule has 1 unspecified atom stereocenters. The third-order valence-corrected chi connectivity index (χ3v) is 6.33. The SMILES string of the molecule is COc1ccc(NC(=O)C(c2ccc(C)cc2)N(Cc2ccccc2)C(=O)Cc2ccccc2)c(OC)c1. The maximum absolute atomic E-state index is 14.0. The summed E-state index contributed by atoms with van der Waals surface area (Å²) in [6.07, 6.45) is 0.176. The number of nitrogens with one attached hydrogen (secondary N) is 1. The molecule has 6 nitrogen and oxygen atoms in total. The van der Waals surface area contributed by atoms with Gasteiger partial charge in [0.15, 0.2) is 0 Å². The van der Waals surface area contributed by atoms with Crippen LogP contribution in [-0.4, -0.2) is 30.9 Å². The first-order valence-corrected chi connectivity index (χ1v) is 12.4. The molecule has 0 fully saturated rings. The smallest absolute Gasteiger partial charge is 0.251 e. The predicted molar refractivity (Wildman–Crippen MR) is 149 cm³/mol. The van der Waals surface area contributed by atoms with E-state index >= 15 is 0 Å². The maximum Gasteiger partial charge on any atom is 0.251 e. The molecule has 4 aromatic carbocycles. The molecule has 0 saturated heterocycles. The molecule has 1 N–H and O–H groups in total. The lowest BCUT2D eigenvalue weighted by Gasteiger charge is -2.32. The zero-order valence-electron chi connectivity index (χ0n) is 21.9. The minimum absolute atomic E-state index is 0.150. The summed E-state index contributed by atoms with van der Waals surface area (Å²) in [6, 6.07) is 31.3. The van der Waals surface area contributed by atoms with E-state index in [0.29, 0.717) is 17.2 Å². The van der Waals surface area contributed by atoms with E-state index in [9.17, 15) is 9.59 Å². The number of nitrogens with zero attached hydrogens (tertiary/aromatic N) is 1. The molecule has 4 aromatic rings. The lowest BCUT2D eigenvalue weighted by atomic mass is 10.00. The van der Waals surface area contributed by atoms with Crippen molar-refractivity contribution >= 4 is 17.5 Å². The number of rotatable bonds is 10. The molecule has 0 aromatic heterocycles. The van der Waals surface area contributed by atoms with Crippen molar-refractivity contribution in [3.05, 3.63) is 125 Å². The molecule has 6 heteroatoms. The van der Waals surface area contributed by atoms with Crippen LogP contribution in [0.3, 0.4) is 0 Å². The fourth-order valence-electron chi connectivity index (χ4n) is 4.30. The van der Waals surface area contributed by atoms with Crippen molar-refractivity contribution in [2.24, 2.45) is 0 Å². The Labute approximate surface area is 223 Å². The van der Waals surface area contributed by atoms with Gasteiger partial charge in [0.2, 0.25) is 5.91 Å². The summed E-state index contributed by atoms with van der Waals surface area (Å²) in [5, 5.41) is 3.00. The van der Waals surface area contributed by atoms with Crippen LogP contribution in [0.15, 0.2) is 103 Å². The molecule has 2 amide bonds. The Kier molecular flexibility index (Phi) is 8.77. The first-order valence-electron chi connectivity index (χ1n) is 12.4. The Morgan fingerprint density at radius 1 is 0.789 bits per heavy atom. The van der Waals surface area contributed by atoms with Crippen molar-refractivity contribution < 1.29 is 19.1 Å². The zero-order valence-corrected chi connectivity index (χ0v) is 21.9. The van der Waals surface area contributed by atoms with Gasteiger partial charge >= 0.3 is 0 Å². The summed E-state index contributed by atoms with van der Waals surface area (Å²) < 4.78 is 10.8. The minimum Gasteiger partial charge on any atom is -0.497 e. The number of hydrogen-bond donors (Lipinski definition) is 1. The molecule has 0 spiro atoms. The van der Waals surface area contributed by atoms with Crippen LogP contribution in [-0.2, 0) is 22.6 Å². The standard InChI is InChI=1S/C32H32N2O4/c1-23-14-16-26(17-15-23)31(32(36)33-28-19-18-27(37-2)21-29(28)38-3)34(22-25-12-8-5-9-13-25)30(35)20-24-10-6-4-7-11-24/h4-19,21,31H,20,22H2,1-3H3,(H,33,36). The van der Waals surface area contributed by atoms with Crippen molar-refractivity contribution in [1.82, 2.24) is 4.90 Å². The van der Waals surface area contributed by atoms with Crippen molar-refractivity contribution in [3.8, 4) is 11.5 Å². The van der Waals surface area contributed by atoms with Crippen LogP contribution in [0, 0.1) is 6.92 Å². The lowest BCUT2D eigenvalue weighted by molar-refractivity contribution is -0.139. The van der Waals surface area contributed by atoms with Crippen molar-refractivity contribution in [3.63, 3.8) is 0 Å². The number of carbonyl (C=O) groups is 2. The van der Waals surface area contributed by atoms with Gasteiger partial charge in [-0.05, 0) is 35.7 Å². The van der Waals surface area contributed by atoms with Gasteiger partial charge in [-0.15, -0.1) is 0 Å². The molecular formula is C32H32N2O4. The first kappa shape index (κ1) is 26.5. The van der Waals surface area contributed by atoms with Crippen LogP contribution < -0.4 is 14.8 Å². The molecular weight excluding hydrogens is 476 g/mol.